The predicted molar refractivity (Wildman–Crippen MR) is 82.7 cm³/mol. The molecule has 3 rings (SSSR count). The van der Waals surface area contributed by atoms with Gasteiger partial charge in [-0.05, 0) is 18.2 Å². The van der Waals surface area contributed by atoms with Crippen molar-refractivity contribution in [2.75, 3.05) is 7.11 Å². The molecule has 0 bridgehead atoms. The smallest absolute Gasteiger partial charge is 0.233 e. The lowest BCUT2D eigenvalue weighted by Gasteiger charge is -1.97. The molecular formula is C14H10ClN3O2S. The van der Waals surface area contributed by atoms with Crippen molar-refractivity contribution in [1.82, 2.24) is 9.97 Å². The summed E-state index contributed by atoms with van der Waals surface area (Å²) < 4.78 is 4.80. The number of hydrogen-bond donors (Lipinski definition) is 2. The number of ether oxygens (including phenoxy) is 1. The van der Waals surface area contributed by atoms with Gasteiger partial charge < -0.3 is 9.72 Å². The highest BCUT2D eigenvalue weighted by molar-refractivity contribution is 7.12. The van der Waals surface area contributed by atoms with E-state index in [1.807, 2.05) is 6.07 Å². The molecule has 3 aromatic rings. The predicted octanol–water partition coefficient (Wildman–Crippen LogP) is 3.48. The molecule has 0 aliphatic heterocycles. The number of halogens is 1. The Labute approximate surface area is 129 Å². The highest BCUT2D eigenvalue weighted by Crippen LogP contribution is 2.25. The van der Waals surface area contributed by atoms with Gasteiger partial charge in [0.1, 0.15) is 5.69 Å². The molecule has 2 N–H and O–H groups in total. The second-order valence-electron chi connectivity index (χ2n) is 4.29. The molecule has 0 spiro atoms. The zero-order valence-corrected chi connectivity index (χ0v) is 12.5. The Bertz CT molecular complexity index is 853. The van der Waals surface area contributed by atoms with E-state index < -0.39 is 0 Å². The fourth-order valence-corrected chi connectivity index (χ4v) is 2.91. The number of nitrogens with one attached hydrogen (secondary N) is 2. The molecular weight excluding hydrogens is 310 g/mol. The van der Waals surface area contributed by atoms with E-state index in [1.54, 1.807) is 23.7 Å². The minimum Gasteiger partial charge on any atom is -0.480 e. The van der Waals surface area contributed by atoms with Crippen molar-refractivity contribution in [3.05, 3.63) is 51.1 Å². The molecule has 0 saturated heterocycles. The number of hydrogen-bond acceptors (Lipinski definition) is 5. The van der Waals surface area contributed by atoms with E-state index in [0.29, 0.717) is 21.3 Å². The highest BCUT2D eigenvalue weighted by atomic mass is 35.5. The van der Waals surface area contributed by atoms with Gasteiger partial charge in [0.25, 0.3) is 0 Å². The first kappa shape index (κ1) is 13.8. The van der Waals surface area contributed by atoms with Gasteiger partial charge in [-0.1, -0.05) is 11.6 Å². The number of rotatable bonds is 3. The van der Waals surface area contributed by atoms with Gasteiger partial charge in [0.15, 0.2) is 5.01 Å². The summed E-state index contributed by atoms with van der Waals surface area (Å²) in [4.78, 5) is 19.7. The molecule has 0 amide bonds. The summed E-state index contributed by atoms with van der Waals surface area (Å²) in [6.45, 7) is 0. The number of H-pyrrole nitrogens is 1. The molecule has 0 saturated carbocycles. The van der Waals surface area contributed by atoms with Crippen LogP contribution in [0.3, 0.4) is 0 Å². The number of benzene rings is 1. The third kappa shape index (κ3) is 2.43. The van der Waals surface area contributed by atoms with Crippen LogP contribution in [0.1, 0.15) is 21.1 Å². The number of ketones is 1. The van der Waals surface area contributed by atoms with Crippen LogP contribution in [0, 0.1) is 5.41 Å². The van der Waals surface area contributed by atoms with E-state index >= 15 is 0 Å². The lowest BCUT2D eigenvalue weighted by atomic mass is 10.1. The number of carbonyl (C=O) groups excluding carboxylic acids is 1. The molecule has 0 radical (unpaired) electrons. The first-order chi connectivity index (χ1) is 10.1. The van der Waals surface area contributed by atoms with Crippen LogP contribution in [0.25, 0.3) is 10.9 Å². The van der Waals surface area contributed by atoms with Crippen LogP contribution in [0.2, 0.25) is 5.02 Å². The Morgan fingerprint density at radius 1 is 1.48 bits per heavy atom. The number of nitrogens with zero attached hydrogens (tertiary/aromatic N) is 1. The van der Waals surface area contributed by atoms with Crippen molar-refractivity contribution in [2.45, 2.75) is 0 Å². The summed E-state index contributed by atoms with van der Waals surface area (Å²) in [6, 6.07) is 5.32. The van der Waals surface area contributed by atoms with Crippen molar-refractivity contribution in [1.29, 1.82) is 5.41 Å². The molecule has 106 valence electrons. The Kier molecular flexibility index (Phi) is 3.48. The van der Waals surface area contributed by atoms with Gasteiger partial charge in [-0.15, -0.1) is 11.3 Å². The molecule has 21 heavy (non-hydrogen) atoms. The van der Waals surface area contributed by atoms with Gasteiger partial charge in [-0.3, -0.25) is 10.2 Å². The topological polar surface area (TPSA) is 78.8 Å². The number of aromatic nitrogens is 2. The monoisotopic (exact) mass is 319 g/mol. The Hall–Kier alpha value is -2.18. The van der Waals surface area contributed by atoms with Gasteiger partial charge in [-0.2, -0.15) is 0 Å². The second-order valence-corrected chi connectivity index (χ2v) is 5.59. The largest absolute Gasteiger partial charge is 0.480 e. The van der Waals surface area contributed by atoms with Crippen LogP contribution in [-0.4, -0.2) is 28.8 Å². The number of methoxy groups -OCH3 is 1. The number of thiazole rings is 1. The standard InChI is InChI=1S/C14H10ClN3O2S/c1-20-13(16)11-6-21-14(18-11)12(19)9-5-17-10-3-2-7(15)4-8(9)10/h2-6,16-17H,1H3. The van der Waals surface area contributed by atoms with Crippen LogP contribution in [0.15, 0.2) is 29.8 Å². The molecule has 5 nitrogen and oxygen atoms in total. The zero-order valence-electron chi connectivity index (χ0n) is 10.9. The van der Waals surface area contributed by atoms with Gasteiger partial charge in [0.05, 0.1) is 12.7 Å². The normalized spacial score (nSPS) is 10.8. The maximum absolute atomic E-state index is 12.5. The van der Waals surface area contributed by atoms with Gasteiger partial charge in [-0.25, -0.2) is 4.98 Å². The summed E-state index contributed by atoms with van der Waals surface area (Å²) in [7, 11) is 1.39. The van der Waals surface area contributed by atoms with Crippen molar-refractivity contribution in [2.24, 2.45) is 0 Å². The van der Waals surface area contributed by atoms with E-state index in [-0.39, 0.29) is 11.7 Å². The van der Waals surface area contributed by atoms with Crippen LogP contribution in [0.5, 0.6) is 0 Å². The molecule has 0 fully saturated rings. The summed E-state index contributed by atoms with van der Waals surface area (Å²) in [5, 5.41) is 10.8. The fourth-order valence-electron chi connectivity index (χ4n) is 1.98. The van der Waals surface area contributed by atoms with Crippen molar-refractivity contribution < 1.29 is 9.53 Å². The first-order valence-electron chi connectivity index (χ1n) is 6.00. The van der Waals surface area contributed by atoms with Crippen LogP contribution >= 0.6 is 22.9 Å². The minimum absolute atomic E-state index is 0.0627. The molecule has 7 heteroatoms. The molecule has 0 unspecified atom stereocenters. The minimum atomic E-state index is -0.205. The number of fused-ring (bicyclic) bond motifs is 1. The van der Waals surface area contributed by atoms with Crippen molar-refractivity contribution in [3.8, 4) is 0 Å². The fraction of sp³-hybridized carbons (Fsp3) is 0.0714. The van der Waals surface area contributed by atoms with E-state index in [1.165, 1.54) is 18.4 Å². The molecule has 0 aliphatic carbocycles. The lowest BCUT2D eigenvalue weighted by Crippen LogP contribution is -2.04. The maximum atomic E-state index is 12.5. The van der Waals surface area contributed by atoms with Gasteiger partial charge >= 0.3 is 0 Å². The maximum Gasteiger partial charge on any atom is 0.233 e. The van der Waals surface area contributed by atoms with Crippen molar-refractivity contribution in [3.63, 3.8) is 0 Å². The summed E-state index contributed by atoms with van der Waals surface area (Å²) >= 11 is 7.16. The summed E-state index contributed by atoms with van der Waals surface area (Å²) in [5.41, 5.74) is 1.70. The Morgan fingerprint density at radius 3 is 3.05 bits per heavy atom. The van der Waals surface area contributed by atoms with E-state index in [4.69, 9.17) is 21.7 Å². The quantitative estimate of drug-likeness (QED) is 0.440. The molecule has 2 heterocycles. The third-order valence-corrected chi connectivity index (χ3v) is 4.10. The van der Waals surface area contributed by atoms with Crippen molar-refractivity contribution >= 4 is 45.5 Å². The van der Waals surface area contributed by atoms with E-state index in [0.717, 1.165) is 10.9 Å². The Balaban J connectivity index is 2.02. The SMILES string of the molecule is COC(=N)c1csc(C(=O)c2c[nH]c3ccc(Cl)cc23)n1. The number of carbonyl (C=O) groups is 1. The second kappa shape index (κ2) is 5.31. The average molecular weight is 320 g/mol. The van der Waals surface area contributed by atoms with Gasteiger partial charge in [0, 0.05) is 27.5 Å². The zero-order chi connectivity index (χ0) is 15.0. The highest BCUT2D eigenvalue weighted by Gasteiger charge is 2.19. The third-order valence-electron chi connectivity index (χ3n) is 3.02. The van der Waals surface area contributed by atoms with Crippen LogP contribution in [-0.2, 0) is 4.74 Å². The van der Waals surface area contributed by atoms with Gasteiger partial charge in [0.2, 0.25) is 11.7 Å². The molecule has 2 aromatic heterocycles. The number of aromatic amines is 1. The lowest BCUT2D eigenvalue weighted by molar-refractivity contribution is 0.104. The summed E-state index contributed by atoms with van der Waals surface area (Å²) in [6.07, 6.45) is 1.64. The van der Waals surface area contributed by atoms with E-state index in [9.17, 15) is 4.79 Å². The summed E-state index contributed by atoms with van der Waals surface area (Å²) in [5.74, 6) is -0.268. The molecule has 0 aliphatic rings. The van der Waals surface area contributed by atoms with Crippen LogP contribution < -0.4 is 0 Å². The molecule has 1 aromatic carbocycles. The molecule has 0 atom stereocenters. The average Bonchev–Trinajstić information content (AvgIpc) is 3.12. The Morgan fingerprint density at radius 2 is 2.29 bits per heavy atom. The first-order valence-corrected chi connectivity index (χ1v) is 7.25. The van der Waals surface area contributed by atoms with E-state index in [2.05, 4.69) is 9.97 Å². The van der Waals surface area contributed by atoms with Crippen LogP contribution in [0.4, 0.5) is 0 Å².